The minimum atomic E-state index is -4.03. The van der Waals surface area contributed by atoms with Gasteiger partial charge in [0, 0.05) is 38.8 Å². The summed E-state index contributed by atoms with van der Waals surface area (Å²) >= 11 is 0. The molecule has 3 rings (SSSR count). The van der Waals surface area contributed by atoms with Gasteiger partial charge >= 0.3 is 12.2 Å². The largest absolute Gasteiger partial charge is 0.444 e. The number of benzene rings is 2. The highest BCUT2D eigenvalue weighted by molar-refractivity contribution is 7.89. The Morgan fingerprint density at radius 3 is 2.40 bits per heavy atom. The summed E-state index contributed by atoms with van der Waals surface area (Å²) in [6.07, 6.45) is -1.97. The van der Waals surface area contributed by atoms with E-state index in [1.165, 1.54) is 33.5 Å². The molecule has 0 spiro atoms. The third-order valence-corrected chi connectivity index (χ3v) is 8.79. The molecular formula is C30H45N5O7S. The van der Waals surface area contributed by atoms with Crippen molar-refractivity contribution in [3.05, 3.63) is 60.2 Å². The van der Waals surface area contributed by atoms with Gasteiger partial charge in [0.15, 0.2) is 0 Å². The molecule has 12 nitrogen and oxygen atoms in total. The summed E-state index contributed by atoms with van der Waals surface area (Å²) in [5.74, 6) is -0.0499. The van der Waals surface area contributed by atoms with Gasteiger partial charge in [0.1, 0.15) is 12.2 Å². The van der Waals surface area contributed by atoms with E-state index in [2.05, 4.69) is 10.6 Å². The monoisotopic (exact) mass is 619 g/mol. The fourth-order valence-electron chi connectivity index (χ4n) is 4.59. The van der Waals surface area contributed by atoms with Crippen LogP contribution in [0.1, 0.15) is 25.8 Å². The molecule has 1 aliphatic rings. The van der Waals surface area contributed by atoms with Gasteiger partial charge in [-0.1, -0.05) is 44.2 Å². The Labute approximate surface area is 254 Å². The molecule has 3 atom stereocenters. The number of hydrogen-bond donors (Lipinski definition) is 3. The number of rotatable bonds is 15. The van der Waals surface area contributed by atoms with E-state index in [1.54, 1.807) is 14.1 Å². The third-order valence-electron chi connectivity index (χ3n) is 6.94. The SMILES string of the molecule is CNCCN(C)C(=O)O[C@H](CN(CC(C)C)S(=O)(=O)c1ccc(N)cc1)[C@H](Cc1ccccc1)NC(=O)O[C@H]1CCOC1. The molecule has 0 bridgehead atoms. The summed E-state index contributed by atoms with van der Waals surface area (Å²) in [5.41, 5.74) is 7.10. The van der Waals surface area contributed by atoms with Crippen LogP contribution in [-0.4, -0.2) is 102 Å². The van der Waals surface area contributed by atoms with Crippen molar-refractivity contribution >= 4 is 27.9 Å². The highest BCUT2D eigenvalue weighted by Gasteiger charge is 2.36. The van der Waals surface area contributed by atoms with Crippen LogP contribution < -0.4 is 16.4 Å². The Balaban J connectivity index is 1.99. The van der Waals surface area contributed by atoms with Crippen molar-refractivity contribution in [3.8, 4) is 0 Å². The molecule has 13 heteroatoms. The first-order valence-electron chi connectivity index (χ1n) is 14.5. The first-order chi connectivity index (χ1) is 20.5. The van der Waals surface area contributed by atoms with Crippen molar-refractivity contribution in [1.29, 1.82) is 0 Å². The number of carbonyl (C=O) groups is 2. The molecule has 1 heterocycles. The number of anilines is 1. The number of nitrogens with two attached hydrogens (primary N) is 1. The highest BCUT2D eigenvalue weighted by atomic mass is 32.2. The number of alkyl carbamates (subject to hydrolysis) is 1. The van der Waals surface area contributed by atoms with Crippen molar-refractivity contribution in [1.82, 2.24) is 19.8 Å². The molecule has 2 aromatic rings. The first kappa shape index (κ1) is 34.1. The summed E-state index contributed by atoms with van der Waals surface area (Å²) < 4.78 is 46.0. The molecule has 0 unspecified atom stereocenters. The lowest BCUT2D eigenvalue weighted by atomic mass is 10.0. The molecule has 1 fully saturated rings. The second kappa shape index (κ2) is 16.5. The van der Waals surface area contributed by atoms with Crippen LogP contribution in [0.25, 0.3) is 0 Å². The van der Waals surface area contributed by atoms with Gasteiger partial charge in [-0.2, -0.15) is 4.31 Å². The van der Waals surface area contributed by atoms with E-state index < -0.39 is 40.5 Å². The zero-order valence-electron chi connectivity index (χ0n) is 25.4. The number of likely N-dealkylation sites (N-methyl/N-ethyl adjacent to an activating group) is 2. The van der Waals surface area contributed by atoms with Gasteiger partial charge in [0.05, 0.1) is 30.7 Å². The maximum Gasteiger partial charge on any atom is 0.409 e. The van der Waals surface area contributed by atoms with Crippen molar-refractivity contribution in [2.75, 3.05) is 59.2 Å². The molecule has 43 heavy (non-hydrogen) atoms. The van der Waals surface area contributed by atoms with E-state index in [4.69, 9.17) is 19.9 Å². The average Bonchev–Trinajstić information content (AvgIpc) is 3.48. The van der Waals surface area contributed by atoms with Crippen LogP contribution in [0.3, 0.4) is 0 Å². The number of nitrogen functional groups attached to an aromatic ring is 1. The smallest absolute Gasteiger partial charge is 0.409 e. The summed E-state index contributed by atoms with van der Waals surface area (Å²) in [7, 11) is -0.658. The number of amides is 2. The summed E-state index contributed by atoms with van der Waals surface area (Å²) in [6, 6.07) is 14.5. The standard InChI is InChI=1S/C30H45N5O7S/c1-22(2)19-35(43(38,39)26-12-10-24(31)11-13-26)20-28(42-30(37)34(4)16-15-32-3)27(18-23-8-6-5-7-9-23)33-29(36)41-25-14-17-40-21-25/h5-13,22,25,27-28,32H,14-21,31H2,1-4H3,(H,33,36)/t25-,27-,28+/m0/s1. The Morgan fingerprint density at radius 2 is 1.79 bits per heavy atom. The third kappa shape index (κ3) is 10.7. The second-order valence-corrected chi connectivity index (χ2v) is 13.0. The molecule has 2 amide bonds. The Kier molecular flexibility index (Phi) is 13.1. The molecule has 0 aliphatic carbocycles. The molecule has 238 valence electrons. The summed E-state index contributed by atoms with van der Waals surface area (Å²) in [6.45, 7) is 5.44. The fourth-order valence-corrected chi connectivity index (χ4v) is 6.21. The van der Waals surface area contributed by atoms with Gasteiger partial charge in [0.25, 0.3) is 0 Å². The zero-order chi connectivity index (χ0) is 31.4. The first-order valence-corrected chi connectivity index (χ1v) is 15.9. The highest BCUT2D eigenvalue weighted by Crippen LogP contribution is 2.22. The number of hydrogen-bond acceptors (Lipinski definition) is 9. The minimum absolute atomic E-state index is 0.0499. The van der Waals surface area contributed by atoms with Crippen LogP contribution in [0, 0.1) is 5.92 Å². The van der Waals surface area contributed by atoms with E-state index in [9.17, 15) is 18.0 Å². The normalized spacial score (nSPS) is 16.6. The lowest BCUT2D eigenvalue weighted by Gasteiger charge is -2.34. The van der Waals surface area contributed by atoms with Gasteiger partial charge in [-0.3, -0.25) is 0 Å². The molecule has 1 saturated heterocycles. The van der Waals surface area contributed by atoms with Crippen LogP contribution in [0.5, 0.6) is 0 Å². The molecule has 0 saturated carbocycles. The lowest BCUT2D eigenvalue weighted by molar-refractivity contribution is 0.0330. The number of ether oxygens (including phenoxy) is 3. The number of carbonyl (C=O) groups excluding carboxylic acids is 2. The van der Waals surface area contributed by atoms with Crippen molar-refractivity contribution in [3.63, 3.8) is 0 Å². The quantitative estimate of drug-likeness (QED) is 0.256. The predicted molar refractivity (Wildman–Crippen MR) is 164 cm³/mol. The fraction of sp³-hybridized carbons (Fsp3) is 0.533. The van der Waals surface area contributed by atoms with E-state index in [0.717, 1.165) is 5.56 Å². The second-order valence-electron chi connectivity index (χ2n) is 11.1. The van der Waals surface area contributed by atoms with Gasteiger partial charge < -0.3 is 35.5 Å². The van der Waals surface area contributed by atoms with Crippen LogP contribution >= 0.6 is 0 Å². The molecule has 1 aliphatic heterocycles. The maximum atomic E-state index is 13.9. The Morgan fingerprint density at radius 1 is 1.09 bits per heavy atom. The van der Waals surface area contributed by atoms with Gasteiger partial charge in [0.2, 0.25) is 10.0 Å². The van der Waals surface area contributed by atoms with Crippen molar-refractivity contribution in [2.24, 2.45) is 5.92 Å². The predicted octanol–water partition coefficient (Wildman–Crippen LogP) is 2.70. The summed E-state index contributed by atoms with van der Waals surface area (Å²) in [5, 5.41) is 5.86. The average molecular weight is 620 g/mol. The lowest BCUT2D eigenvalue weighted by Crippen LogP contribution is -2.54. The van der Waals surface area contributed by atoms with E-state index in [0.29, 0.717) is 38.4 Å². The van der Waals surface area contributed by atoms with E-state index >= 15 is 0 Å². The molecule has 2 aromatic carbocycles. The summed E-state index contributed by atoms with van der Waals surface area (Å²) in [4.78, 5) is 27.8. The van der Waals surface area contributed by atoms with E-state index in [1.807, 2.05) is 44.2 Å². The van der Waals surface area contributed by atoms with Gasteiger partial charge in [-0.15, -0.1) is 0 Å². The Bertz CT molecular complexity index is 1260. The van der Waals surface area contributed by atoms with Crippen LogP contribution in [-0.2, 0) is 30.7 Å². The van der Waals surface area contributed by atoms with E-state index in [-0.39, 0.29) is 30.3 Å². The van der Waals surface area contributed by atoms with Crippen LogP contribution in [0.15, 0.2) is 59.5 Å². The Hall–Kier alpha value is -3.39. The maximum absolute atomic E-state index is 13.9. The molecular weight excluding hydrogens is 574 g/mol. The zero-order valence-corrected chi connectivity index (χ0v) is 26.2. The number of nitrogens with one attached hydrogen (secondary N) is 2. The number of nitrogens with zero attached hydrogens (tertiary/aromatic N) is 2. The topological polar surface area (TPSA) is 153 Å². The van der Waals surface area contributed by atoms with Gasteiger partial charge in [-0.25, -0.2) is 18.0 Å². The molecule has 0 aromatic heterocycles. The minimum Gasteiger partial charge on any atom is -0.444 e. The van der Waals surface area contributed by atoms with Crippen LogP contribution in [0.4, 0.5) is 15.3 Å². The van der Waals surface area contributed by atoms with Crippen LogP contribution in [0.2, 0.25) is 0 Å². The van der Waals surface area contributed by atoms with Gasteiger partial charge in [-0.05, 0) is 49.2 Å². The van der Waals surface area contributed by atoms with Crippen molar-refractivity contribution in [2.45, 2.75) is 49.8 Å². The molecule has 0 radical (unpaired) electrons. The number of sulfonamides is 1. The molecule has 4 N–H and O–H groups in total. The van der Waals surface area contributed by atoms with Crippen molar-refractivity contribution < 1.29 is 32.2 Å².